The van der Waals surface area contributed by atoms with Crippen molar-refractivity contribution in [2.75, 3.05) is 20.2 Å². The quantitative estimate of drug-likeness (QED) is 0.802. The van der Waals surface area contributed by atoms with E-state index in [-0.39, 0.29) is 4.90 Å². The second kappa shape index (κ2) is 6.78. The number of hydrogen-bond donors (Lipinski definition) is 0. The first-order chi connectivity index (χ1) is 9.59. The van der Waals surface area contributed by atoms with Gasteiger partial charge < -0.3 is 4.74 Å². The molecule has 0 bridgehead atoms. The highest BCUT2D eigenvalue weighted by atomic mass is 35.5. The Balaban J connectivity index is 2.37. The van der Waals surface area contributed by atoms with Gasteiger partial charge in [0.1, 0.15) is 10.6 Å². The van der Waals surface area contributed by atoms with Gasteiger partial charge in [-0.2, -0.15) is 4.31 Å². The number of rotatable bonds is 4. The van der Waals surface area contributed by atoms with Crippen LogP contribution in [-0.2, 0) is 15.9 Å². The van der Waals surface area contributed by atoms with Gasteiger partial charge in [0.05, 0.1) is 7.11 Å². The van der Waals surface area contributed by atoms with Gasteiger partial charge in [-0.3, -0.25) is 0 Å². The lowest BCUT2D eigenvalue weighted by atomic mass is 10.2. The molecule has 1 heterocycles. The van der Waals surface area contributed by atoms with E-state index in [1.54, 1.807) is 22.5 Å². The van der Waals surface area contributed by atoms with Gasteiger partial charge in [-0.25, -0.2) is 8.42 Å². The van der Waals surface area contributed by atoms with Crippen molar-refractivity contribution < 1.29 is 13.2 Å². The fraction of sp³-hybridized carbons (Fsp3) is 0.571. The maximum Gasteiger partial charge on any atom is 0.246 e. The first-order valence-corrected chi connectivity index (χ1v) is 8.80. The van der Waals surface area contributed by atoms with Gasteiger partial charge >= 0.3 is 0 Å². The van der Waals surface area contributed by atoms with E-state index in [1.807, 2.05) is 0 Å². The molecule has 1 fully saturated rings. The van der Waals surface area contributed by atoms with Gasteiger partial charge in [0, 0.05) is 19.0 Å². The molecule has 6 heteroatoms. The predicted octanol–water partition coefficient (Wildman–Crippen LogP) is 3.00. The zero-order chi connectivity index (χ0) is 14.6. The van der Waals surface area contributed by atoms with E-state index in [0.717, 1.165) is 31.2 Å². The molecule has 0 aliphatic carbocycles. The lowest BCUT2D eigenvalue weighted by Crippen LogP contribution is -2.32. The van der Waals surface area contributed by atoms with E-state index in [4.69, 9.17) is 16.3 Å². The average molecular weight is 318 g/mol. The maximum atomic E-state index is 12.7. The highest BCUT2D eigenvalue weighted by Crippen LogP contribution is 2.29. The molecule has 4 nitrogen and oxygen atoms in total. The highest BCUT2D eigenvalue weighted by Gasteiger charge is 2.28. The fourth-order valence-corrected chi connectivity index (χ4v) is 4.25. The van der Waals surface area contributed by atoms with E-state index in [9.17, 15) is 8.42 Å². The summed E-state index contributed by atoms with van der Waals surface area (Å²) in [5.74, 6) is 0.702. The summed E-state index contributed by atoms with van der Waals surface area (Å²) in [7, 11) is -2.01. The third kappa shape index (κ3) is 3.27. The summed E-state index contributed by atoms with van der Waals surface area (Å²) < 4.78 is 32.3. The van der Waals surface area contributed by atoms with Crippen molar-refractivity contribution in [3.05, 3.63) is 23.8 Å². The van der Waals surface area contributed by atoms with Gasteiger partial charge in [-0.15, -0.1) is 11.6 Å². The molecule has 0 unspecified atom stereocenters. The molecule has 1 aromatic rings. The van der Waals surface area contributed by atoms with Crippen LogP contribution in [0.3, 0.4) is 0 Å². The summed E-state index contributed by atoms with van der Waals surface area (Å²) in [6.45, 7) is 1.17. The summed E-state index contributed by atoms with van der Waals surface area (Å²) in [6.07, 6.45) is 4.02. The van der Waals surface area contributed by atoms with Gasteiger partial charge in [-0.05, 0) is 30.5 Å². The topological polar surface area (TPSA) is 46.6 Å². The minimum absolute atomic E-state index is 0.232. The Morgan fingerprint density at radius 3 is 2.40 bits per heavy atom. The summed E-state index contributed by atoms with van der Waals surface area (Å²) >= 11 is 5.78. The van der Waals surface area contributed by atoms with Crippen LogP contribution in [-0.4, -0.2) is 32.9 Å². The summed E-state index contributed by atoms with van der Waals surface area (Å²) in [4.78, 5) is 0.232. The largest absolute Gasteiger partial charge is 0.495 e. The standard InChI is InChI=1S/C14H20ClNO3S/c1-19-13-10-12(11-15)6-7-14(13)20(17,18)16-8-4-2-3-5-9-16/h6-7,10H,2-5,8-9,11H2,1H3. The van der Waals surface area contributed by atoms with Crippen molar-refractivity contribution in [2.24, 2.45) is 0 Å². The molecule has 112 valence electrons. The van der Waals surface area contributed by atoms with Crippen molar-refractivity contribution in [1.82, 2.24) is 4.31 Å². The van der Waals surface area contributed by atoms with Crippen molar-refractivity contribution in [3.63, 3.8) is 0 Å². The molecule has 1 aliphatic heterocycles. The van der Waals surface area contributed by atoms with Crippen LogP contribution >= 0.6 is 11.6 Å². The van der Waals surface area contributed by atoms with E-state index in [2.05, 4.69) is 0 Å². The Morgan fingerprint density at radius 1 is 1.20 bits per heavy atom. The fourth-order valence-electron chi connectivity index (χ4n) is 2.43. The smallest absolute Gasteiger partial charge is 0.246 e. The van der Waals surface area contributed by atoms with E-state index >= 15 is 0 Å². The maximum absolute atomic E-state index is 12.7. The lowest BCUT2D eigenvalue weighted by molar-refractivity contribution is 0.391. The zero-order valence-electron chi connectivity index (χ0n) is 11.6. The van der Waals surface area contributed by atoms with Crippen LogP contribution in [0.2, 0.25) is 0 Å². The van der Waals surface area contributed by atoms with E-state index in [0.29, 0.717) is 24.7 Å². The Hall–Kier alpha value is -0.780. The molecule has 0 N–H and O–H groups in total. The van der Waals surface area contributed by atoms with Crippen molar-refractivity contribution in [3.8, 4) is 5.75 Å². The van der Waals surface area contributed by atoms with Crippen LogP contribution in [0, 0.1) is 0 Å². The van der Waals surface area contributed by atoms with Crippen molar-refractivity contribution >= 4 is 21.6 Å². The first kappa shape index (κ1) is 15.6. The second-order valence-electron chi connectivity index (χ2n) is 4.94. The Morgan fingerprint density at radius 2 is 1.85 bits per heavy atom. The van der Waals surface area contributed by atoms with Crippen LogP contribution in [0.1, 0.15) is 31.2 Å². The van der Waals surface area contributed by atoms with E-state index in [1.165, 1.54) is 7.11 Å². The lowest BCUT2D eigenvalue weighted by Gasteiger charge is -2.21. The normalized spacial score (nSPS) is 17.7. The molecular weight excluding hydrogens is 298 g/mol. The second-order valence-corrected chi connectivity index (χ2v) is 7.11. The van der Waals surface area contributed by atoms with Crippen LogP contribution in [0.15, 0.2) is 23.1 Å². The summed E-state index contributed by atoms with van der Waals surface area (Å²) in [6, 6.07) is 5.02. The summed E-state index contributed by atoms with van der Waals surface area (Å²) in [5.41, 5.74) is 0.846. The summed E-state index contributed by atoms with van der Waals surface area (Å²) in [5, 5.41) is 0. The third-order valence-electron chi connectivity index (χ3n) is 3.57. The van der Waals surface area contributed by atoms with Crippen LogP contribution in [0.5, 0.6) is 5.75 Å². The molecule has 0 amide bonds. The number of sulfonamides is 1. The number of alkyl halides is 1. The van der Waals surface area contributed by atoms with Crippen LogP contribution < -0.4 is 4.74 Å². The number of halogens is 1. The van der Waals surface area contributed by atoms with Crippen molar-refractivity contribution in [2.45, 2.75) is 36.5 Å². The number of methoxy groups -OCH3 is 1. The Kier molecular flexibility index (Phi) is 5.29. The molecule has 0 spiro atoms. The molecule has 1 aromatic carbocycles. The number of nitrogens with zero attached hydrogens (tertiary/aromatic N) is 1. The SMILES string of the molecule is COc1cc(CCl)ccc1S(=O)(=O)N1CCCCCC1. The highest BCUT2D eigenvalue weighted by molar-refractivity contribution is 7.89. The Labute approximate surface area is 125 Å². The zero-order valence-corrected chi connectivity index (χ0v) is 13.2. The van der Waals surface area contributed by atoms with Gasteiger partial charge in [0.2, 0.25) is 10.0 Å². The number of hydrogen-bond acceptors (Lipinski definition) is 3. The monoisotopic (exact) mass is 317 g/mol. The number of ether oxygens (including phenoxy) is 1. The van der Waals surface area contributed by atoms with Crippen LogP contribution in [0.4, 0.5) is 0 Å². The molecule has 1 aliphatic rings. The number of benzene rings is 1. The van der Waals surface area contributed by atoms with E-state index < -0.39 is 10.0 Å². The molecule has 1 saturated heterocycles. The van der Waals surface area contributed by atoms with Crippen LogP contribution in [0.25, 0.3) is 0 Å². The minimum Gasteiger partial charge on any atom is -0.495 e. The molecule has 0 atom stereocenters. The van der Waals surface area contributed by atoms with Crippen molar-refractivity contribution in [1.29, 1.82) is 0 Å². The third-order valence-corrected chi connectivity index (χ3v) is 5.81. The molecule has 20 heavy (non-hydrogen) atoms. The average Bonchev–Trinajstić information content (AvgIpc) is 2.76. The first-order valence-electron chi connectivity index (χ1n) is 6.82. The Bertz CT molecular complexity index is 552. The molecule has 0 saturated carbocycles. The molecule has 0 radical (unpaired) electrons. The molecule has 2 rings (SSSR count). The van der Waals surface area contributed by atoms with Gasteiger partial charge in [0.15, 0.2) is 0 Å². The predicted molar refractivity (Wildman–Crippen MR) is 79.8 cm³/mol. The van der Waals surface area contributed by atoms with Gasteiger partial charge in [-0.1, -0.05) is 18.9 Å². The van der Waals surface area contributed by atoms with Gasteiger partial charge in [0.25, 0.3) is 0 Å². The minimum atomic E-state index is -3.49. The molecular formula is C14H20ClNO3S. The molecule has 0 aromatic heterocycles.